The van der Waals surface area contributed by atoms with Crippen molar-refractivity contribution in [2.24, 2.45) is 0 Å². The van der Waals surface area contributed by atoms with Gasteiger partial charge in [0.25, 0.3) is 5.91 Å². The van der Waals surface area contributed by atoms with Gasteiger partial charge in [-0.15, -0.1) is 0 Å². The van der Waals surface area contributed by atoms with Gasteiger partial charge in [-0.1, -0.05) is 17.7 Å². The van der Waals surface area contributed by atoms with Gasteiger partial charge in [0.05, 0.1) is 6.61 Å². The van der Waals surface area contributed by atoms with Crippen LogP contribution in [-0.2, 0) is 4.74 Å². The molecule has 0 saturated carbocycles. The first kappa shape index (κ1) is 12.3. The maximum absolute atomic E-state index is 11.5. The predicted octanol–water partition coefficient (Wildman–Crippen LogP) is 1.73. The van der Waals surface area contributed by atoms with Crippen LogP contribution >= 0.6 is 11.6 Å². The van der Waals surface area contributed by atoms with Gasteiger partial charge in [0.1, 0.15) is 0 Å². The average Bonchev–Trinajstić information content (AvgIpc) is 2.26. The second kappa shape index (κ2) is 5.97. The number of halogens is 1. The third-order valence-electron chi connectivity index (χ3n) is 1.64. The fourth-order valence-corrected chi connectivity index (χ4v) is 1.17. The van der Waals surface area contributed by atoms with Crippen molar-refractivity contribution in [1.82, 2.24) is 10.9 Å². The minimum atomic E-state index is -0.710. The average molecular weight is 243 g/mol. The minimum absolute atomic E-state index is 0.235. The van der Waals surface area contributed by atoms with Crippen molar-refractivity contribution in [1.29, 1.82) is 0 Å². The molecule has 16 heavy (non-hydrogen) atoms. The summed E-state index contributed by atoms with van der Waals surface area (Å²) in [5.74, 6) is -0.462. The van der Waals surface area contributed by atoms with Gasteiger partial charge in [0.2, 0.25) is 0 Å². The zero-order valence-electron chi connectivity index (χ0n) is 8.62. The normalized spacial score (nSPS) is 9.38. The van der Waals surface area contributed by atoms with E-state index >= 15 is 0 Å². The molecule has 6 heteroatoms. The highest BCUT2D eigenvalue weighted by Gasteiger charge is 2.07. The quantitative estimate of drug-likeness (QED) is 0.776. The SMILES string of the molecule is CCOC(=O)NNC(=O)c1cccc(Cl)c1. The number of ether oxygens (including phenoxy) is 1. The molecule has 1 aromatic rings. The monoisotopic (exact) mass is 242 g/mol. The fourth-order valence-electron chi connectivity index (χ4n) is 0.977. The summed E-state index contributed by atoms with van der Waals surface area (Å²) in [7, 11) is 0. The Balaban J connectivity index is 2.50. The lowest BCUT2D eigenvalue weighted by Gasteiger charge is -2.06. The second-order valence-electron chi connectivity index (χ2n) is 2.81. The standard InChI is InChI=1S/C10H11ClN2O3/c1-2-16-10(15)13-12-9(14)7-4-3-5-8(11)6-7/h3-6H,2H2,1H3,(H,12,14)(H,13,15). The van der Waals surface area contributed by atoms with Crippen LogP contribution in [0.25, 0.3) is 0 Å². The van der Waals surface area contributed by atoms with Crippen LogP contribution in [0.15, 0.2) is 24.3 Å². The van der Waals surface area contributed by atoms with E-state index < -0.39 is 12.0 Å². The van der Waals surface area contributed by atoms with Gasteiger partial charge in [-0.05, 0) is 25.1 Å². The summed E-state index contributed by atoms with van der Waals surface area (Å²) < 4.78 is 4.56. The third-order valence-corrected chi connectivity index (χ3v) is 1.88. The first-order chi connectivity index (χ1) is 7.63. The molecule has 0 aliphatic heterocycles. The number of carbonyl (C=O) groups excluding carboxylic acids is 2. The van der Waals surface area contributed by atoms with Crippen molar-refractivity contribution in [2.75, 3.05) is 6.61 Å². The number of rotatable bonds is 2. The molecule has 0 fully saturated rings. The van der Waals surface area contributed by atoms with Gasteiger partial charge >= 0.3 is 6.09 Å². The van der Waals surface area contributed by atoms with Crippen molar-refractivity contribution in [3.8, 4) is 0 Å². The van der Waals surface area contributed by atoms with Crippen molar-refractivity contribution < 1.29 is 14.3 Å². The number of nitrogens with one attached hydrogen (secondary N) is 2. The number of benzene rings is 1. The summed E-state index contributed by atoms with van der Waals surface area (Å²) in [6, 6.07) is 6.36. The van der Waals surface area contributed by atoms with E-state index in [0.29, 0.717) is 10.6 Å². The van der Waals surface area contributed by atoms with Gasteiger partial charge in [0.15, 0.2) is 0 Å². The highest BCUT2D eigenvalue weighted by Crippen LogP contribution is 2.09. The van der Waals surface area contributed by atoms with E-state index in [2.05, 4.69) is 15.6 Å². The summed E-state index contributed by atoms with van der Waals surface area (Å²) in [6.45, 7) is 1.90. The zero-order valence-corrected chi connectivity index (χ0v) is 9.38. The molecule has 86 valence electrons. The van der Waals surface area contributed by atoms with Crippen molar-refractivity contribution >= 4 is 23.6 Å². The van der Waals surface area contributed by atoms with Crippen LogP contribution in [0.2, 0.25) is 5.02 Å². The van der Waals surface area contributed by atoms with Crippen molar-refractivity contribution in [3.63, 3.8) is 0 Å². The summed E-state index contributed by atoms with van der Waals surface area (Å²) >= 11 is 5.71. The molecule has 0 bridgehead atoms. The van der Waals surface area contributed by atoms with E-state index in [4.69, 9.17) is 11.6 Å². The molecule has 0 atom stereocenters. The van der Waals surface area contributed by atoms with Crippen LogP contribution in [0, 0.1) is 0 Å². The van der Waals surface area contributed by atoms with Crippen LogP contribution < -0.4 is 10.9 Å². The molecule has 0 aliphatic rings. The van der Waals surface area contributed by atoms with E-state index in [0.717, 1.165) is 0 Å². The van der Waals surface area contributed by atoms with Crippen LogP contribution in [0.5, 0.6) is 0 Å². The molecule has 0 saturated heterocycles. The number of hydrogen-bond acceptors (Lipinski definition) is 3. The summed E-state index contributed by atoms with van der Waals surface area (Å²) in [4.78, 5) is 22.3. The predicted molar refractivity (Wildman–Crippen MR) is 59.1 cm³/mol. The van der Waals surface area contributed by atoms with E-state index in [1.807, 2.05) is 0 Å². The highest BCUT2D eigenvalue weighted by molar-refractivity contribution is 6.30. The highest BCUT2D eigenvalue weighted by atomic mass is 35.5. The van der Waals surface area contributed by atoms with E-state index in [1.165, 1.54) is 6.07 Å². The number of amides is 2. The minimum Gasteiger partial charge on any atom is -0.449 e. The Labute approximate surface area is 97.7 Å². The van der Waals surface area contributed by atoms with Crippen LogP contribution in [0.3, 0.4) is 0 Å². The van der Waals surface area contributed by atoms with Crippen LogP contribution in [0.4, 0.5) is 4.79 Å². The number of carbonyl (C=O) groups is 2. The Morgan fingerprint density at radius 3 is 2.75 bits per heavy atom. The lowest BCUT2D eigenvalue weighted by atomic mass is 10.2. The number of hydrogen-bond donors (Lipinski definition) is 2. The van der Waals surface area contributed by atoms with E-state index in [-0.39, 0.29) is 6.61 Å². The Hall–Kier alpha value is -1.75. The smallest absolute Gasteiger partial charge is 0.426 e. The largest absolute Gasteiger partial charge is 0.449 e. The van der Waals surface area contributed by atoms with Gasteiger partial charge in [0, 0.05) is 10.6 Å². The first-order valence-electron chi connectivity index (χ1n) is 4.62. The number of hydrazine groups is 1. The zero-order chi connectivity index (χ0) is 12.0. The molecule has 0 heterocycles. The Morgan fingerprint density at radius 1 is 1.38 bits per heavy atom. The van der Waals surface area contributed by atoms with E-state index in [1.54, 1.807) is 25.1 Å². The Kier molecular flexibility index (Phi) is 4.60. The summed E-state index contributed by atoms with van der Waals surface area (Å²) in [5.41, 5.74) is 4.64. The molecule has 1 aromatic carbocycles. The van der Waals surface area contributed by atoms with Gasteiger partial charge < -0.3 is 4.74 Å². The molecular weight excluding hydrogens is 232 g/mol. The topological polar surface area (TPSA) is 67.4 Å². The molecule has 2 amide bonds. The van der Waals surface area contributed by atoms with Crippen LogP contribution in [0.1, 0.15) is 17.3 Å². The van der Waals surface area contributed by atoms with Crippen molar-refractivity contribution in [2.45, 2.75) is 6.92 Å². The molecule has 2 N–H and O–H groups in total. The molecule has 0 spiro atoms. The van der Waals surface area contributed by atoms with Crippen molar-refractivity contribution in [3.05, 3.63) is 34.9 Å². The second-order valence-corrected chi connectivity index (χ2v) is 3.25. The lowest BCUT2D eigenvalue weighted by Crippen LogP contribution is -2.41. The third kappa shape index (κ3) is 3.78. The first-order valence-corrected chi connectivity index (χ1v) is 5.00. The molecule has 1 rings (SSSR count). The van der Waals surface area contributed by atoms with E-state index in [9.17, 15) is 9.59 Å². The Morgan fingerprint density at radius 2 is 2.12 bits per heavy atom. The maximum atomic E-state index is 11.5. The maximum Gasteiger partial charge on any atom is 0.426 e. The Bertz CT molecular complexity index is 395. The van der Waals surface area contributed by atoms with Crippen LogP contribution in [-0.4, -0.2) is 18.6 Å². The summed E-state index contributed by atoms with van der Waals surface area (Å²) in [5, 5.41) is 0.448. The van der Waals surface area contributed by atoms with Gasteiger partial charge in [-0.3, -0.25) is 10.2 Å². The molecule has 0 aromatic heterocycles. The fraction of sp³-hybridized carbons (Fsp3) is 0.200. The van der Waals surface area contributed by atoms with Gasteiger partial charge in [-0.25, -0.2) is 10.2 Å². The molecular formula is C10H11ClN2O3. The molecule has 0 radical (unpaired) electrons. The lowest BCUT2D eigenvalue weighted by molar-refractivity contribution is 0.0912. The van der Waals surface area contributed by atoms with Gasteiger partial charge in [-0.2, -0.15) is 0 Å². The molecule has 5 nitrogen and oxygen atoms in total. The molecule has 0 unspecified atom stereocenters. The molecule has 0 aliphatic carbocycles. The summed E-state index contributed by atoms with van der Waals surface area (Å²) in [6.07, 6.45) is -0.710.